The first kappa shape index (κ1) is 15.2. The van der Waals surface area contributed by atoms with Crippen molar-refractivity contribution in [2.45, 2.75) is 18.6 Å². The molecule has 2 atom stereocenters. The quantitative estimate of drug-likeness (QED) is 0.752. The molecule has 1 amide bonds. The van der Waals surface area contributed by atoms with Gasteiger partial charge in [0.15, 0.2) is 6.10 Å². The summed E-state index contributed by atoms with van der Waals surface area (Å²) in [6.07, 6.45) is -2.01. The molecule has 2 rings (SSSR count). The third kappa shape index (κ3) is 4.41. The Bertz CT molecular complexity index is 557. The third-order valence-electron chi connectivity index (χ3n) is 3.26. The van der Waals surface area contributed by atoms with Crippen molar-refractivity contribution in [1.29, 1.82) is 0 Å². The molecule has 4 nitrogen and oxygen atoms in total. The summed E-state index contributed by atoms with van der Waals surface area (Å²) in [6, 6.07) is 18.4. The van der Waals surface area contributed by atoms with Crippen LogP contribution in [-0.2, 0) is 11.2 Å². The lowest BCUT2D eigenvalue weighted by atomic mass is 10.0. The Hall–Kier alpha value is -2.17. The number of carbonyl (C=O) groups is 1. The van der Waals surface area contributed by atoms with E-state index in [0.717, 1.165) is 5.56 Å². The zero-order valence-corrected chi connectivity index (χ0v) is 11.6. The molecule has 0 aliphatic heterocycles. The number of rotatable bonds is 6. The van der Waals surface area contributed by atoms with Crippen LogP contribution in [0.15, 0.2) is 60.7 Å². The van der Waals surface area contributed by atoms with Crippen molar-refractivity contribution in [3.8, 4) is 0 Å². The highest BCUT2D eigenvalue weighted by Crippen LogP contribution is 2.16. The minimum atomic E-state index is -1.47. The number of aliphatic hydroxyl groups excluding tert-OH is 2. The lowest BCUT2D eigenvalue weighted by Gasteiger charge is -2.17. The summed E-state index contributed by atoms with van der Waals surface area (Å²) in [4.78, 5) is 11.8. The summed E-state index contributed by atoms with van der Waals surface area (Å²) in [5.74, 6) is -0.567. The van der Waals surface area contributed by atoms with Crippen molar-refractivity contribution in [1.82, 2.24) is 5.32 Å². The zero-order chi connectivity index (χ0) is 15.1. The Balaban J connectivity index is 1.82. The minimum absolute atomic E-state index is 0.418. The van der Waals surface area contributed by atoms with E-state index in [2.05, 4.69) is 5.32 Å². The lowest BCUT2D eigenvalue weighted by molar-refractivity contribution is -0.135. The second-order valence-corrected chi connectivity index (χ2v) is 4.83. The van der Waals surface area contributed by atoms with E-state index in [9.17, 15) is 15.0 Å². The molecule has 4 heteroatoms. The maximum Gasteiger partial charge on any atom is 0.251 e. The molecule has 110 valence electrons. The molecule has 0 aliphatic carbocycles. The van der Waals surface area contributed by atoms with Crippen LogP contribution in [0.4, 0.5) is 0 Å². The summed E-state index contributed by atoms with van der Waals surface area (Å²) in [6.45, 7) is 0.418. The average Bonchev–Trinajstić information content (AvgIpc) is 2.55. The topological polar surface area (TPSA) is 69.6 Å². The lowest BCUT2D eigenvalue weighted by Crippen LogP contribution is -2.39. The van der Waals surface area contributed by atoms with Gasteiger partial charge in [0.2, 0.25) is 0 Å². The average molecular weight is 285 g/mol. The highest BCUT2D eigenvalue weighted by atomic mass is 16.3. The molecule has 21 heavy (non-hydrogen) atoms. The predicted octanol–water partition coefficient (Wildman–Crippen LogP) is 1.44. The highest BCUT2D eigenvalue weighted by Gasteiger charge is 2.24. The van der Waals surface area contributed by atoms with E-state index in [0.29, 0.717) is 18.5 Å². The van der Waals surface area contributed by atoms with Crippen LogP contribution in [0, 0.1) is 0 Å². The highest BCUT2D eigenvalue weighted by molar-refractivity contribution is 5.81. The van der Waals surface area contributed by atoms with E-state index in [1.807, 2.05) is 36.4 Å². The fourth-order valence-electron chi connectivity index (χ4n) is 2.06. The van der Waals surface area contributed by atoms with Gasteiger partial charge in [-0.25, -0.2) is 0 Å². The van der Waals surface area contributed by atoms with Crippen LogP contribution in [0.25, 0.3) is 0 Å². The van der Waals surface area contributed by atoms with Crippen LogP contribution >= 0.6 is 0 Å². The van der Waals surface area contributed by atoms with E-state index in [-0.39, 0.29) is 0 Å². The number of aliphatic hydroxyl groups is 2. The maximum atomic E-state index is 11.8. The van der Waals surface area contributed by atoms with Crippen LogP contribution in [0.1, 0.15) is 17.2 Å². The molecule has 0 aromatic heterocycles. The van der Waals surface area contributed by atoms with Gasteiger partial charge in [-0.15, -0.1) is 0 Å². The van der Waals surface area contributed by atoms with Crippen LogP contribution in [0.3, 0.4) is 0 Å². The molecule has 0 saturated carbocycles. The smallest absolute Gasteiger partial charge is 0.251 e. The summed E-state index contributed by atoms with van der Waals surface area (Å²) >= 11 is 0. The van der Waals surface area contributed by atoms with E-state index >= 15 is 0 Å². The van der Waals surface area contributed by atoms with Crippen molar-refractivity contribution in [3.05, 3.63) is 71.8 Å². The van der Waals surface area contributed by atoms with Crippen molar-refractivity contribution in [3.63, 3.8) is 0 Å². The van der Waals surface area contributed by atoms with E-state index < -0.39 is 18.1 Å². The van der Waals surface area contributed by atoms with Crippen molar-refractivity contribution in [2.75, 3.05) is 6.54 Å². The number of hydrogen-bond acceptors (Lipinski definition) is 3. The van der Waals surface area contributed by atoms with Gasteiger partial charge in [0.05, 0.1) is 0 Å². The summed E-state index contributed by atoms with van der Waals surface area (Å²) in [7, 11) is 0. The SMILES string of the molecule is O=C(NCCc1ccccc1)[C@@H](O)[C@@H](O)c1ccccc1. The second kappa shape index (κ2) is 7.57. The van der Waals surface area contributed by atoms with Crippen molar-refractivity contribution < 1.29 is 15.0 Å². The Morgan fingerprint density at radius 1 is 0.952 bits per heavy atom. The van der Waals surface area contributed by atoms with E-state index in [1.54, 1.807) is 24.3 Å². The Kier molecular flexibility index (Phi) is 5.49. The molecular formula is C17H19NO3. The van der Waals surface area contributed by atoms with E-state index in [4.69, 9.17) is 0 Å². The normalized spacial score (nSPS) is 13.4. The van der Waals surface area contributed by atoms with Gasteiger partial charge in [0.1, 0.15) is 6.10 Å². The molecule has 2 aromatic carbocycles. The van der Waals surface area contributed by atoms with Crippen LogP contribution in [-0.4, -0.2) is 28.8 Å². The standard InChI is InChI=1S/C17H19NO3/c19-15(14-9-5-2-6-10-14)16(20)17(21)18-12-11-13-7-3-1-4-8-13/h1-10,15-16,19-20H,11-12H2,(H,18,21)/t15-,16-/m0/s1. The monoisotopic (exact) mass is 285 g/mol. The molecule has 0 saturated heterocycles. The number of hydrogen-bond donors (Lipinski definition) is 3. The van der Waals surface area contributed by atoms with Gasteiger partial charge < -0.3 is 15.5 Å². The Labute approximate surface area is 124 Å². The first-order valence-corrected chi connectivity index (χ1v) is 6.91. The Morgan fingerprint density at radius 2 is 1.52 bits per heavy atom. The van der Waals surface area contributed by atoms with Crippen LogP contribution in [0.2, 0.25) is 0 Å². The Morgan fingerprint density at radius 3 is 2.14 bits per heavy atom. The second-order valence-electron chi connectivity index (χ2n) is 4.83. The van der Waals surface area contributed by atoms with Crippen LogP contribution in [0.5, 0.6) is 0 Å². The van der Waals surface area contributed by atoms with Crippen molar-refractivity contribution >= 4 is 5.91 Å². The summed E-state index contributed by atoms with van der Waals surface area (Å²) in [5.41, 5.74) is 1.62. The molecule has 0 radical (unpaired) electrons. The molecule has 3 N–H and O–H groups in total. The molecule has 0 spiro atoms. The first-order valence-electron chi connectivity index (χ1n) is 6.91. The molecular weight excluding hydrogens is 266 g/mol. The largest absolute Gasteiger partial charge is 0.385 e. The van der Waals surface area contributed by atoms with Gasteiger partial charge >= 0.3 is 0 Å². The molecule has 0 fully saturated rings. The summed E-state index contributed by atoms with van der Waals surface area (Å²) < 4.78 is 0. The fourth-order valence-corrected chi connectivity index (χ4v) is 2.06. The van der Waals surface area contributed by atoms with Gasteiger partial charge in [-0.05, 0) is 17.5 Å². The number of carbonyl (C=O) groups excluding carboxylic acids is 1. The van der Waals surface area contributed by atoms with Gasteiger partial charge in [-0.1, -0.05) is 60.7 Å². The molecule has 0 aliphatic rings. The number of benzene rings is 2. The van der Waals surface area contributed by atoms with Crippen LogP contribution < -0.4 is 5.32 Å². The minimum Gasteiger partial charge on any atom is -0.385 e. The number of nitrogens with one attached hydrogen (secondary N) is 1. The predicted molar refractivity (Wildman–Crippen MR) is 80.6 cm³/mol. The maximum absolute atomic E-state index is 11.8. The summed E-state index contributed by atoms with van der Waals surface area (Å²) in [5, 5.41) is 22.5. The van der Waals surface area contributed by atoms with Gasteiger partial charge in [-0.2, -0.15) is 0 Å². The van der Waals surface area contributed by atoms with Crippen molar-refractivity contribution in [2.24, 2.45) is 0 Å². The molecule has 0 unspecified atom stereocenters. The zero-order valence-electron chi connectivity index (χ0n) is 11.6. The fraction of sp³-hybridized carbons (Fsp3) is 0.235. The first-order chi connectivity index (χ1) is 10.2. The third-order valence-corrected chi connectivity index (χ3v) is 3.26. The van der Waals surface area contributed by atoms with Gasteiger partial charge in [-0.3, -0.25) is 4.79 Å². The van der Waals surface area contributed by atoms with E-state index in [1.165, 1.54) is 0 Å². The van der Waals surface area contributed by atoms with Gasteiger partial charge in [0, 0.05) is 6.54 Å². The molecule has 2 aromatic rings. The van der Waals surface area contributed by atoms with Gasteiger partial charge in [0.25, 0.3) is 5.91 Å². The number of amides is 1. The molecule has 0 heterocycles. The molecule has 0 bridgehead atoms.